The third-order valence-electron chi connectivity index (χ3n) is 3.09. The summed E-state index contributed by atoms with van der Waals surface area (Å²) in [6.07, 6.45) is 5.45. The summed E-state index contributed by atoms with van der Waals surface area (Å²) in [5, 5.41) is 4.01. The Morgan fingerprint density at radius 3 is 2.81 bits per heavy atom. The second kappa shape index (κ2) is 4.55. The van der Waals surface area contributed by atoms with E-state index in [1.54, 1.807) is 17.1 Å². The number of rotatable bonds is 2. The molecular formula is C11H18N4O. The molecule has 1 fully saturated rings. The lowest BCUT2D eigenvalue weighted by Crippen LogP contribution is -2.39. The SMILES string of the molecule is CC1CCN(C(=O)Cn2cc(N)cn2)CC1. The summed E-state index contributed by atoms with van der Waals surface area (Å²) in [5.74, 6) is 0.874. The molecule has 1 aliphatic rings. The highest BCUT2D eigenvalue weighted by molar-refractivity contribution is 5.76. The molecule has 5 nitrogen and oxygen atoms in total. The van der Waals surface area contributed by atoms with Crippen LogP contribution in [0.3, 0.4) is 0 Å². The summed E-state index contributed by atoms with van der Waals surface area (Å²) < 4.78 is 1.59. The van der Waals surface area contributed by atoms with Crippen molar-refractivity contribution in [2.75, 3.05) is 18.8 Å². The van der Waals surface area contributed by atoms with Crippen molar-refractivity contribution in [2.24, 2.45) is 5.92 Å². The van der Waals surface area contributed by atoms with Crippen molar-refractivity contribution in [3.8, 4) is 0 Å². The average molecular weight is 222 g/mol. The molecule has 0 aliphatic carbocycles. The lowest BCUT2D eigenvalue weighted by Gasteiger charge is -2.30. The van der Waals surface area contributed by atoms with Gasteiger partial charge in [0.1, 0.15) is 6.54 Å². The summed E-state index contributed by atoms with van der Waals surface area (Å²) in [7, 11) is 0. The van der Waals surface area contributed by atoms with Gasteiger partial charge in [-0.25, -0.2) is 0 Å². The van der Waals surface area contributed by atoms with Gasteiger partial charge in [0, 0.05) is 19.3 Å². The fraction of sp³-hybridized carbons (Fsp3) is 0.636. The van der Waals surface area contributed by atoms with Gasteiger partial charge in [0.25, 0.3) is 0 Å². The maximum Gasteiger partial charge on any atom is 0.244 e. The van der Waals surface area contributed by atoms with Gasteiger partial charge in [-0.05, 0) is 18.8 Å². The first-order valence-electron chi connectivity index (χ1n) is 5.71. The predicted molar refractivity (Wildman–Crippen MR) is 61.6 cm³/mol. The minimum absolute atomic E-state index is 0.134. The molecule has 2 rings (SSSR count). The van der Waals surface area contributed by atoms with Gasteiger partial charge in [0.2, 0.25) is 5.91 Å². The molecule has 1 amide bonds. The molecule has 1 aromatic rings. The summed E-state index contributed by atoms with van der Waals surface area (Å²) in [4.78, 5) is 13.8. The molecule has 16 heavy (non-hydrogen) atoms. The average Bonchev–Trinajstić information content (AvgIpc) is 2.65. The number of aromatic nitrogens is 2. The van der Waals surface area contributed by atoms with Crippen LogP contribution in [0.2, 0.25) is 0 Å². The maximum atomic E-state index is 11.9. The highest BCUT2D eigenvalue weighted by atomic mass is 16.2. The molecule has 1 saturated heterocycles. The summed E-state index contributed by atoms with van der Waals surface area (Å²) >= 11 is 0. The van der Waals surface area contributed by atoms with Crippen molar-refractivity contribution in [3.63, 3.8) is 0 Å². The number of nitrogen functional groups attached to an aromatic ring is 1. The number of carbonyl (C=O) groups is 1. The van der Waals surface area contributed by atoms with E-state index in [4.69, 9.17) is 5.73 Å². The first-order chi connectivity index (χ1) is 7.65. The van der Waals surface area contributed by atoms with Crippen LogP contribution in [-0.2, 0) is 11.3 Å². The van der Waals surface area contributed by atoms with Gasteiger partial charge < -0.3 is 10.6 Å². The van der Waals surface area contributed by atoms with E-state index < -0.39 is 0 Å². The third-order valence-corrected chi connectivity index (χ3v) is 3.09. The van der Waals surface area contributed by atoms with E-state index in [2.05, 4.69) is 12.0 Å². The van der Waals surface area contributed by atoms with Crippen LogP contribution in [0.5, 0.6) is 0 Å². The Morgan fingerprint density at radius 2 is 2.25 bits per heavy atom. The molecule has 2 heterocycles. The molecule has 1 aromatic heterocycles. The van der Waals surface area contributed by atoms with Gasteiger partial charge in [-0.15, -0.1) is 0 Å². The van der Waals surface area contributed by atoms with Gasteiger partial charge in [0.05, 0.1) is 11.9 Å². The topological polar surface area (TPSA) is 64.2 Å². The highest BCUT2D eigenvalue weighted by Crippen LogP contribution is 2.16. The number of hydrogen-bond acceptors (Lipinski definition) is 3. The zero-order chi connectivity index (χ0) is 11.5. The number of hydrogen-bond donors (Lipinski definition) is 1. The smallest absolute Gasteiger partial charge is 0.244 e. The van der Waals surface area contributed by atoms with E-state index >= 15 is 0 Å². The molecule has 0 bridgehead atoms. The molecule has 0 saturated carbocycles. The van der Waals surface area contributed by atoms with Crippen molar-refractivity contribution >= 4 is 11.6 Å². The largest absolute Gasteiger partial charge is 0.396 e. The van der Waals surface area contributed by atoms with Crippen molar-refractivity contribution in [3.05, 3.63) is 12.4 Å². The Bertz CT molecular complexity index is 366. The number of amides is 1. The molecule has 2 N–H and O–H groups in total. The molecule has 5 heteroatoms. The van der Waals surface area contributed by atoms with Crippen molar-refractivity contribution in [2.45, 2.75) is 26.3 Å². The number of likely N-dealkylation sites (tertiary alicyclic amines) is 1. The van der Waals surface area contributed by atoms with Crippen molar-refractivity contribution in [1.82, 2.24) is 14.7 Å². The monoisotopic (exact) mass is 222 g/mol. The zero-order valence-electron chi connectivity index (χ0n) is 9.59. The molecule has 0 spiro atoms. The minimum atomic E-state index is 0.134. The highest BCUT2D eigenvalue weighted by Gasteiger charge is 2.20. The van der Waals surface area contributed by atoms with Crippen LogP contribution in [0.15, 0.2) is 12.4 Å². The van der Waals surface area contributed by atoms with Crippen molar-refractivity contribution < 1.29 is 4.79 Å². The summed E-state index contributed by atoms with van der Waals surface area (Å²) in [5.41, 5.74) is 6.14. The van der Waals surface area contributed by atoms with Crippen LogP contribution in [0.25, 0.3) is 0 Å². The summed E-state index contributed by atoms with van der Waals surface area (Å²) in [6.45, 7) is 4.27. The van der Waals surface area contributed by atoms with E-state index in [9.17, 15) is 4.79 Å². The van der Waals surface area contributed by atoms with Crippen LogP contribution >= 0.6 is 0 Å². The van der Waals surface area contributed by atoms with Crippen LogP contribution in [0.4, 0.5) is 5.69 Å². The molecule has 0 aromatic carbocycles. The summed E-state index contributed by atoms with van der Waals surface area (Å²) in [6, 6.07) is 0. The standard InChI is InChI=1S/C11H18N4O/c1-9-2-4-14(5-3-9)11(16)8-15-7-10(12)6-13-15/h6-7,9H,2-5,8,12H2,1H3. The Kier molecular flexibility index (Phi) is 3.12. The Hall–Kier alpha value is -1.52. The second-order valence-corrected chi connectivity index (χ2v) is 4.53. The normalized spacial score (nSPS) is 17.7. The quantitative estimate of drug-likeness (QED) is 0.802. The number of carbonyl (C=O) groups excluding carboxylic acids is 1. The van der Waals surface area contributed by atoms with Crippen LogP contribution in [-0.4, -0.2) is 33.7 Å². The van der Waals surface area contributed by atoms with E-state index in [0.29, 0.717) is 12.2 Å². The lowest BCUT2D eigenvalue weighted by atomic mass is 9.99. The van der Waals surface area contributed by atoms with Gasteiger partial charge in [-0.1, -0.05) is 6.92 Å². The first-order valence-corrected chi connectivity index (χ1v) is 5.71. The van der Waals surface area contributed by atoms with E-state index in [0.717, 1.165) is 31.8 Å². The lowest BCUT2D eigenvalue weighted by molar-refractivity contribution is -0.133. The number of piperidine rings is 1. The fourth-order valence-corrected chi connectivity index (χ4v) is 1.96. The van der Waals surface area contributed by atoms with Gasteiger partial charge in [-0.2, -0.15) is 5.10 Å². The second-order valence-electron chi connectivity index (χ2n) is 4.53. The molecule has 88 valence electrons. The van der Waals surface area contributed by atoms with Gasteiger partial charge in [-0.3, -0.25) is 9.48 Å². The van der Waals surface area contributed by atoms with E-state index in [-0.39, 0.29) is 5.91 Å². The Morgan fingerprint density at radius 1 is 1.56 bits per heavy atom. The van der Waals surface area contributed by atoms with Gasteiger partial charge >= 0.3 is 0 Å². The Labute approximate surface area is 95.2 Å². The number of anilines is 1. The van der Waals surface area contributed by atoms with Crippen LogP contribution in [0.1, 0.15) is 19.8 Å². The first kappa shape index (κ1) is 11.0. The van der Waals surface area contributed by atoms with Crippen molar-refractivity contribution in [1.29, 1.82) is 0 Å². The van der Waals surface area contributed by atoms with Crippen LogP contribution in [0, 0.1) is 5.92 Å². The fourth-order valence-electron chi connectivity index (χ4n) is 1.96. The molecule has 1 aliphatic heterocycles. The zero-order valence-corrected chi connectivity index (χ0v) is 9.59. The molecule has 0 radical (unpaired) electrons. The number of nitrogens with two attached hydrogens (primary N) is 1. The van der Waals surface area contributed by atoms with E-state index in [1.165, 1.54) is 0 Å². The maximum absolute atomic E-state index is 11.9. The molecule has 0 unspecified atom stereocenters. The molecular weight excluding hydrogens is 204 g/mol. The number of nitrogens with zero attached hydrogens (tertiary/aromatic N) is 3. The van der Waals surface area contributed by atoms with Gasteiger partial charge in [0.15, 0.2) is 0 Å². The molecule has 0 atom stereocenters. The van der Waals surface area contributed by atoms with Crippen LogP contribution < -0.4 is 5.73 Å². The minimum Gasteiger partial charge on any atom is -0.396 e. The predicted octanol–water partition coefficient (Wildman–Crippen LogP) is 0.724. The Balaban J connectivity index is 1.88. The van der Waals surface area contributed by atoms with E-state index in [1.807, 2.05) is 4.90 Å². The third kappa shape index (κ3) is 2.53.